The Labute approximate surface area is 50.2 Å². The van der Waals surface area contributed by atoms with Gasteiger partial charge in [0.05, 0.1) is 6.10 Å². The zero-order valence-electron chi connectivity index (χ0n) is 5.48. The van der Waals surface area contributed by atoms with Gasteiger partial charge in [-0.3, -0.25) is 0 Å². The van der Waals surface area contributed by atoms with Crippen LogP contribution in [0, 0.1) is 0 Å². The first kappa shape index (κ1) is 6.05. The summed E-state index contributed by atoms with van der Waals surface area (Å²) in [6, 6.07) is 0.648. The number of hydrogen-bond donors (Lipinski definition) is 1. The molecule has 1 fully saturated rings. The fourth-order valence-corrected chi connectivity index (χ4v) is 0.874. The first-order valence-electron chi connectivity index (χ1n) is 3.17. The minimum Gasteiger partial charge on any atom is -0.377 e. The van der Waals surface area contributed by atoms with Gasteiger partial charge in [-0.25, -0.2) is 0 Å². The van der Waals surface area contributed by atoms with Crippen molar-refractivity contribution in [3.63, 3.8) is 0 Å². The third kappa shape index (κ3) is 1.20. The van der Waals surface area contributed by atoms with Crippen LogP contribution in [0.3, 0.4) is 0 Å². The van der Waals surface area contributed by atoms with Gasteiger partial charge in [0.15, 0.2) is 0 Å². The molecule has 1 aliphatic carbocycles. The predicted molar refractivity (Wildman–Crippen MR) is 32.9 cm³/mol. The lowest BCUT2D eigenvalue weighted by atomic mass is 10.7. The van der Waals surface area contributed by atoms with Gasteiger partial charge in [-0.15, -0.1) is 0 Å². The molecule has 1 saturated carbocycles. The van der Waals surface area contributed by atoms with E-state index in [2.05, 4.69) is 5.32 Å². The van der Waals surface area contributed by atoms with Gasteiger partial charge < -0.3 is 10.1 Å². The molecule has 1 rings (SSSR count). The normalized spacial score (nSPS) is 35.2. The molecule has 0 aliphatic heterocycles. The number of rotatable bonds is 3. The number of hydrogen-bond acceptors (Lipinski definition) is 2. The van der Waals surface area contributed by atoms with Crippen LogP contribution < -0.4 is 5.32 Å². The highest BCUT2D eigenvalue weighted by Crippen LogP contribution is 2.23. The van der Waals surface area contributed by atoms with Gasteiger partial charge >= 0.3 is 0 Å². The molecule has 8 heavy (non-hydrogen) atoms. The molecule has 2 heteroatoms. The third-order valence-corrected chi connectivity index (χ3v) is 1.48. The summed E-state index contributed by atoms with van der Waals surface area (Å²) in [5.74, 6) is 0. The summed E-state index contributed by atoms with van der Waals surface area (Å²) in [5, 5.41) is 3.15. The Morgan fingerprint density at radius 2 is 2.50 bits per heavy atom. The van der Waals surface area contributed by atoms with E-state index in [1.165, 1.54) is 6.42 Å². The summed E-state index contributed by atoms with van der Waals surface area (Å²) in [4.78, 5) is 0. The molecular weight excluding hydrogens is 102 g/mol. The second-order valence-electron chi connectivity index (χ2n) is 2.12. The van der Waals surface area contributed by atoms with Crippen LogP contribution in [0.25, 0.3) is 0 Å². The second-order valence-corrected chi connectivity index (χ2v) is 2.12. The maximum Gasteiger partial charge on any atom is 0.0744 e. The van der Waals surface area contributed by atoms with Crippen molar-refractivity contribution in [3.8, 4) is 0 Å². The highest BCUT2D eigenvalue weighted by Gasteiger charge is 2.35. The summed E-state index contributed by atoms with van der Waals surface area (Å²) < 4.78 is 5.29. The van der Waals surface area contributed by atoms with Gasteiger partial charge in [0.25, 0.3) is 0 Å². The van der Waals surface area contributed by atoms with E-state index in [0.29, 0.717) is 12.1 Å². The maximum absolute atomic E-state index is 5.29. The lowest BCUT2D eigenvalue weighted by Crippen LogP contribution is -2.14. The van der Waals surface area contributed by atoms with Gasteiger partial charge in [-0.05, 0) is 20.4 Å². The van der Waals surface area contributed by atoms with E-state index < -0.39 is 0 Å². The van der Waals surface area contributed by atoms with Crippen LogP contribution >= 0.6 is 0 Å². The fraction of sp³-hybridized carbons (Fsp3) is 1.00. The van der Waals surface area contributed by atoms with Crippen molar-refractivity contribution >= 4 is 0 Å². The van der Waals surface area contributed by atoms with Crippen LogP contribution in [0.15, 0.2) is 0 Å². The van der Waals surface area contributed by atoms with Crippen molar-refractivity contribution in [1.82, 2.24) is 5.32 Å². The van der Waals surface area contributed by atoms with Gasteiger partial charge in [-0.2, -0.15) is 0 Å². The lowest BCUT2D eigenvalue weighted by molar-refractivity contribution is 0.126. The quantitative estimate of drug-likeness (QED) is 0.574. The van der Waals surface area contributed by atoms with E-state index in [1.54, 1.807) is 0 Å². The smallest absolute Gasteiger partial charge is 0.0744 e. The van der Waals surface area contributed by atoms with Crippen molar-refractivity contribution in [1.29, 1.82) is 0 Å². The van der Waals surface area contributed by atoms with Crippen molar-refractivity contribution in [3.05, 3.63) is 0 Å². The predicted octanol–water partition coefficient (Wildman–Crippen LogP) is 0.383. The molecule has 48 valence electrons. The van der Waals surface area contributed by atoms with E-state index in [0.717, 1.165) is 6.61 Å². The second kappa shape index (κ2) is 2.46. The summed E-state index contributed by atoms with van der Waals surface area (Å²) in [6.07, 6.45) is 1.72. The van der Waals surface area contributed by atoms with Crippen LogP contribution in [-0.2, 0) is 4.74 Å². The Kier molecular flexibility index (Phi) is 1.86. The molecule has 0 heterocycles. The zero-order chi connectivity index (χ0) is 5.98. The summed E-state index contributed by atoms with van der Waals surface area (Å²) in [6.45, 7) is 2.88. The molecule has 0 aromatic heterocycles. The standard InChI is InChI=1S/C6H13NO/c1-3-8-6-4-5(6)7-2/h5-7H,3-4H2,1-2H3. The Morgan fingerprint density at radius 3 is 2.88 bits per heavy atom. The van der Waals surface area contributed by atoms with Crippen LogP contribution in [-0.4, -0.2) is 25.8 Å². The average molecular weight is 115 g/mol. The molecule has 2 nitrogen and oxygen atoms in total. The molecule has 1 N–H and O–H groups in total. The van der Waals surface area contributed by atoms with Crippen LogP contribution in [0.1, 0.15) is 13.3 Å². The average Bonchev–Trinajstić information content (AvgIpc) is 2.48. The molecule has 0 aromatic carbocycles. The molecule has 0 saturated heterocycles. The summed E-state index contributed by atoms with van der Waals surface area (Å²) >= 11 is 0. The molecular formula is C6H13NO. The molecule has 0 spiro atoms. The zero-order valence-corrected chi connectivity index (χ0v) is 5.48. The minimum atomic E-state index is 0.519. The maximum atomic E-state index is 5.29. The van der Waals surface area contributed by atoms with E-state index in [9.17, 15) is 0 Å². The number of likely N-dealkylation sites (N-methyl/N-ethyl adjacent to an activating group) is 1. The Balaban J connectivity index is 1.99. The highest BCUT2D eigenvalue weighted by molar-refractivity contribution is 4.93. The lowest BCUT2D eigenvalue weighted by Gasteiger charge is -1.95. The fourth-order valence-electron chi connectivity index (χ4n) is 0.874. The van der Waals surface area contributed by atoms with E-state index >= 15 is 0 Å². The number of ether oxygens (including phenoxy) is 1. The molecule has 1 aliphatic rings. The highest BCUT2D eigenvalue weighted by atomic mass is 16.5. The SMILES string of the molecule is CCOC1CC1NC. The van der Waals surface area contributed by atoms with Crippen LogP contribution in [0.5, 0.6) is 0 Å². The van der Waals surface area contributed by atoms with Gasteiger partial charge in [0.1, 0.15) is 0 Å². The van der Waals surface area contributed by atoms with E-state index in [-0.39, 0.29) is 0 Å². The summed E-state index contributed by atoms with van der Waals surface area (Å²) in [7, 11) is 1.98. The van der Waals surface area contributed by atoms with E-state index in [4.69, 9.17) is 4.74 Å². The van der Waals surface area contributed by atoms with Crippen molar-refractivity contribution < 1.29 is 4.74 Å². The molecule has 2 atom stereocenters. The monoisotopic (exact) mass is 115 g/mol. The van der Waals surface area contributed by atoms with Gasteiger partial charge in [0, 0.05) is 12.6 Å². The van der Waals surface area contributed by atoms with Crippen LogP contribution in [0.4, 0.5) is 0 Å². The molecule has 0 radical (unpaired) electrons. The Hall–Kier alpha value is -0.0800. The van der Waals surface area contributed by atoms with E-state index in [1.807, 2.05) is 14.0 Å². The first-order valence-corrected chi connectivity index (χ1v) is 3.17. The Morgan fingerprint density at radius 1 is 1.75 bits per heavy atom. The van der Waals surface area contributed by atoms with Crippen LogP contribution in [0.2, 0.25) is 0 Å². The molecule has 0 aromatic rings. The Bertz CT molecular complexity index is 74.9. The largest absolute Gasteiger partial charge is 0.377 e. The third-order valence-electron chi connectivity index (χ3n) is 1.48. The van der Waals surface area contributed by atoms with Crippen molar-refractivity contribution in [2.24, 2.45) is 0 Å². The van der Waals surface area contributed by atoms with Crippen molar-refractivity contribution in [2.75, 3.05) is 13.7 Å². The molecule has 0 amide bonds. The van der Waals surface area contributed by atoms with Gasteiger partial charge in [-0.1, -0.05) is 0 Å². The van der Waals surface area contributed by atoms with Crippen molar-refractivity contribution in [2.45, 2.75) is 25.5 Å². The molecule has 0 bridgehead atoms. The first-order chi connectivity index (χ1) is 3.88. The molecule has 2 unspecified atom stereocenters. The van der Waals surface area contributed by atoms with Gasteiger partial charge in [0.2, 0.25) is 0 Å². The topological polar surface area (TPSA) is 21.3 Å². The minimum absolute atomic E-state index is 0.519. The summed E-state index contributed by atoms with van der Waals surface area (Å²) in [5.41, 5.74) is 0. The number of nitrogens with one attached hydrogen (secondary N) is 1.